The minimum Gasteiger partial charge on any atom is -0.454 e. The molecule has 178 valence electrons. The van der Waals surface area contributed by atoms with Gasteiger partial charge in [0.1, 0.15) is 0 Å². The summed E-state index contributed by atoms with van der Waals surface area (Å²) in [5.74, 6) is 2.70. The predicted octanol–water partition coefficient (Wildman–Crippen LogP) is 4.73. The highest BCUT2D eigenvalue weighted by molar-refractivity contribution is 7.99. The molecule has 0 fully saturated rings. The number of nitrogens with one attached hydrogen (secondary N) is 1. The first-order valence-electron chi connectivity index (χ1n) is 11.5. The summed E-state index contributed by atoms with van der Waals surface area (Å²) in [5, 5.41) is 12.6. The molecule has 1 N–H and O–H groups in total. The van der Waals surface area contributed by atoms with Crippen LogP contribution in [0, 0.1) is 0 Å². The molecule has 0 bridgehead atoms. The smallest absolute Gasteiger partial charge is 0.231 e. The van der Waals surface area contributed by atoms with Crippen molar-refractivity contribution in [2.45, 2.75) is 24.5 Å². The van der Waals surface area contributed by atoms with E-state index in [0.29, 0.717) is 18.2 Å². The number of thioether (sulfide) groups is 1. The number of fused-ring (bicyclic) bond motifs is 1. The molecule has 0 saturated heterocycles. The van der Waals surface area contributed by atoms with Crippen molar-refractivity contribution < 1.29 is 14.3 Å². The number of aromatic nitrogens is 3. The molecule has 8 heteroatoms. The zero-order valence-corrected chi connectivity index (χ0v) is 20.2. The second kappa shape index (κ2) is 10.7. The molecule has 1 aliphatic heterocycles. The van der Waals surface area contributed by atoms with Gasteiger partial charge in [-0.3, -0.25) is 9.36 Å². The van der Waals surface area contributed by atoms with Crippen LogP contribution >= 0.6 is 11.8 Å². The monoisotopic (exact) mass is 486 g/mol. The number of nitrogens with zero attached hydrogens (tertiary/aromatic N) is 3. The average Bonchev–Trinajstić information content (AvgIpc) is 3.53. The van der Waals surface area contributed by atoms with Crippen molar-refractivity contribution in [3.05, 3.63) is 90.0 Å². The fourth-order valence-corrected chi connectivity index (χ4v) is 4.68. The number of carbonyl (C=O) groups excluding carboxylic acids is 1. The Morgan fingerprint density at radius 1 is 1.00 bits per heavy atom. The van der Waals surface area contributed by atoms with Gasteiger partial charge in [0.15, 0.2) is 22.5 Å². The van der Waals surface area contributed by atoms with Crippen LogP contribution < -0.4 is 14.8 Å². The molecule has 1 aliphatic rings. The number of hydrogen-bond donors (Lipinski definition) is 1. The number of carbonyl (C=O) groups is 1. The van der Waals surface area contributed by atoms with Crippen LogP contribution in [0.4, 0.5) is 0 Å². The number of amides is 1. The van der Waals surface area contributed by atoms with E-state index in [1.54, 1.807) is 0 Å². The number of hydrogen-bond acceptors (Lipinski definition) is 6. The molecule has 0 aliphatic carbocycles. The predicted molar refractivity (Wildman–Crippen MR) is 136 cm³/mol. The molecule has 1 atom stereocenters. The Morgan fingerprint density at radius 2 is 1.74 bits per heavy atom. The zero-order chi connectivity index (χ0) is 24.0. The fourth-order valence-electron chi connectivity index (χ4n) is 3.91. The lowest BCUT2D eigenvalue weighted by Gasteiger charge is -2.13. The molecule has 1 unspecified atom stereocenters. The highest BCUT2D eigenvalue weighted by Crippen LogP contribution is 2.33. The molecule has 0 spiro atoms. The highest BCUT2D eigenvalue weighted by Gasteiger charge is 2.19. The molecule has 5 rings (SSSR count). The van der Waals surface area contributed by atoms with E-state index in [9.17, 15) is 4.79 Å². The maximum atomic E-state index is 12.6. The van der Waals surface area contributed by atoms with Gasteiger partial charge in [-0.15, -0.1) is 10.2 Å². The molecule has 4 aromatic rings. The first-order valence-corrected chi connectivity index (χ1v) is 12.5. The summed E-state index contributed by atoms with van der Waals surface area (Å²) in [6, 6.07) is 26.0. The third-order valence-corrected chi connectivity index (χ3v) is 6.80. The van der Waals surface area contributed by atoms with Gasteiger partial charge in [0.05, 0.1) is 12.3 Å². The maximum absolute atomic E-state index is 12.6. The molecular weight excluding hydrogens is 460 g/mol. The van der Waals surface area contributed by atoms with Gasteiger partial charge in [0.25, 0.3) is 0 Å². The second-order valence-electron chi connectivity index (χ2n) is 8.35. The summed E-state index contributed by atoms with van der Waals surface area (Å²) in [7, 11) is 0. The molecule has 0 radical (unpaired) electrons. The topological polar surface area (TPSA) is 78.3 Å². The Hall–Kier alpha value is -3.78. The summed E-state index contributed by atoms with van der Waals surface area (Å²) in [6.45, 7) is 3.47. The molecule has 7 nitrogen and oxygen atoms in total. The van der Waals surface area contributed by atoms with E-state index in [2.05, 4.69) is 34.6 Å². The number of benzene rings is 3. The Balaban J connectivity index is 1.29. The largest absolute Gasteiger partial charge is 0.454 e. The lowest BCUT2D eigenvalue weighted by molar-refractivity contribution is -0.118. The average molecular weight is 487 g/mol. The summed E-state index contributed by atoms with van der Waals surface area (Å²) < 4.78 is 13.0. The van der Waals surface area contributed by atoms with Gasteiger partial charge in [0, 0.05) is 12.1 Å². The van der Waals surface area contributed by atoms with Crippen molar-refractivity contribution >= 4 is 17.7 Å². The summed E-state index contributed by atoms with van der Waals surface area (Å²) in [4.78, 5) is 12.6. The molecule has 2 heterocycles. The highest BCUT2D eigenvalue weighted by atomic mass is 32.2. The van der Waals surface area contributed by atoms with Crippen molar-refractivity contribution in [2.75, 3.05) is 19.1 Å². The molecule has 35 heavy (non-hydrogen) atoms. The third-order valence-electron chi connectivity index (χ3n) is 5.83. The van der Waals surface area contributed by atoms with Crippen molar-refractivity contribution in [1.82, 2.24) is 20.1 Å². The first-order chi connectivity index (χ1) is 17.2. The minimum atomic E-state index is -0.0309. The van der Waals surface area contributed by atoms with E-state index in [1.165, 1.54) is 17.3 Å². The van der Waals surface area contributed by atoms with E-state index >= 15 is 0 Å². The maximum Gasteiger partial charge on any atom is 0.231 e. The van der Waals surface area contributed by atoms with Gasteiger partial charge in [0.2, 0.25) is 12.7 Å². The molecular formula is C27H26N4O3S. The van der Waals surface area contributed by atoms with Gasteiger partial charge in [-0.25, -0.2) is 0 Å². The van der Waals surface area contributed by atoms with Gasteiger partial charge in [-0.1, -0.05) is 85.4 Å². The van der Waals surface area contributed by atoms with Gasteiger partial charge in [-0.05, 0) is 29.2 Å². The Labute approximate surface area is 208 Å². The van der Waals surface area contributed by atoms with Gasteiger partial charge in [-0.2, -0.15) is 0 Å². The van der Waals surface area contributed by atoms with Crippen LogP contribution in [0.3, 0.4) is 0 Å². The normalized spacial score (nSPS) is 12.9. The van der Waals surface area contributed by atoms with E-state index < -0.39 is 0 Å². The van der Waals surface area contributed by atoms with Crippen LogP contribution in [-0.4, -0.2) is 39.8 Å². The van der Waals surface area contributed by atoms with Crippen LogP contribution in [0.2, 0.25) is 0 Å². The molecule has 1 aromatic heterocycles. The van der Waals surface area contributed by atoms with Crippen molar-refractivity contribution in [1.29, 1.82) is 0 Å². The van der Waals surface area contributed by atoms with E-state index in [1.807, 2.05) is 71.3 Å². The Kier molecular flexibility index (Phi) is 6.99. The van der Waals surface area contributed by atoms with Crippen molar-refractivity contribution in [3.8, 4) is 22.9 Å². The second-order valence-corrected chi connectivity index (χ2v) is 9.29. The summed E-state index contributed by atoms with van der Waals surface area (Å²) >= 11 is 1.38. The van der Waals surface area contributed by atoms with E-state index in [0.717, 1.165) is 28.5 Å². The quantitative estimate of drug-likeness (QED) is 0.345. The SMILES string of the molecule is CC(CNC(=O)CSc1nnc(-c2ccccc2)n1Cc1ccc2c(c1)OCO2)c1ccccc1. The molecule has 0 saturated carbocycles. The fraction of sp³-hybridized carbons (Fsp3) is 0.222. The minimum absolute atomic E-state index is 0.0309. The van der Waals surface area contributed by atoms with Crippen molar-refractivity contribution in [2.24, 2.45) is 0 Å². The lowest BCUT2D eigenvalue weighted by atomic mass is 10.0. The van der Waals surface area contributed by atoms with Crippen molar-refractivity contribution in [3.63, 3.8) is 0 Å². The first kappa shape index (κ1) is 23.0. The third kappa shape index (κ3) is 5.49. The standard InChI is InChI=1S/C27H26N4O3S/c1-19(21-8-4-2-5-9-21)15-28-25(32)17-35-27-30-29-26(22-10-6-3-7-11-22)31(27)16-20-12-13-23-24(14-20)34-18-33-23/h2-14,19H,15-18H2,1H3,(H,28,32). The number of rotatable bonds is 9. The van der Waals surface area contributed by atoms with Crippen LogP contribution in [0.5, 0.6) is 11.5 Å². The molecule has 1 amide bonds. The van der Waals surface area contributed by atoms with Crippen LogP contribution in [-0.2, 0) is 11.3 Å². The Bertz CT molecular complexity index is 1290. The lowest BCUT2D eigenvalue weighted by Crippen LogP contribution is -2.29. The van der Waals surface area contributed by atoms with Crippen LogP contribution in [0.25, 0.3) is 11.4 Å². The number of ether oxygens (including phenoxy) is 2. The Morgan fingerprint density at radius 3 is 2.54 bits per heavy atom. The molecule has 3 aromatic carbocycles. The summed E-state index contributed by atoms with van der Waals surface area (Å²) in [6.07, 6.45) is 0. The zero-order valence-electron chi connectivity index (χ0n) is 19.4. The van der Waals surface area contributed by atoms with E-state index in [4.69, 9.17) is 9.47 Å². The van der Waals surface area contributed by atoms with Crippen LogP contribution in [0.1, 0.15) is 24.0 Å². The summed E-state index contributed by atoms with van der Waals surface area (Å²) in [5.41, 5.74) is 3.21. The van der Waals surface area contributed by atoms with E-state index in [-0.39, 0.29) is 24.4 Å². The van der Waals surface area contributed by atoms with Gasteiger partial charge < -0.3 is 14.8 Å². The van der Waals surface area contributed by atoms with Gasteiger partial charge >= 0.3 is 0 Å². The van der Waals surface area contributed by atoms with Crippen LogP contribution in [0.15, 0.2) is 84.0 Å².